The molecule has 10 nitrogen and oxygen atoms in total. The molecule has 0 saturated carbocycles. The van der Waals surface area contributed by atoms with Crippen molar-refractivity contribution >= 4 is 23.6 Å². The van der Waals surface area contributed by atoms with Gasteiger partial charge in [0.1, 0.15) is 5.78 Å². The molecule has 2 amide bonds. The monoisotopic (exact) mass is 502 g/mol. The number of Topliss-reactive ketones (excluding diaryl/α,β-unsaturated/α-hetero) is 1. The molecule has 0 aromatic rings. The van der Waals surface area contributed by atoms with Gasteiger partial charge in [0, 0.05) is 52.0 Å². The molecule has 0 unspecified atom stereocenters. The van der Waals surface area contributed by atoms with Crippen LogP contribution in [0, 0.1) is 0 Å². The van der Waals surface area contributed by atoms with Crippen LogP contribution in [0.3, 0.4) is 0 Å². The summed E-state index contributed by atoms with van der Waals surface area (Å²) in [5, 5.41) is 14.2. The van der Waals surface area contributed by atoms with Gasteiger partial charge in [-0.15, -0.1) is 0 Å². The highest BCUT2D eigenvalue weighted by molar-refractivity contribution is 5.83. The zero-order valence-electron chi connectivity index (χ0n) is 21.4. The first-order chi connectivity index (χ1) is 16.9. The van der Waals surface area contributed by atoms with Crippen LogP contribution in [0.25, 0.3) is 0 Å². The molecule has 0 bridgehead atoms. The smallest absolute Gasteiger partial charge is 0.303 e. The van der Waals surface area contributed by atoms with Crippen LogP contribution in [-0.4, -0.2) is 81.4 Å². The van der Waals surface area contributed by atoms with Gasteiger partial charge in [-0.25, -0.2) is 0 Å². The molecular weight excluding hydrogens is 456 g/mol. The number of hydrogen-bond donors (Lipinski definition) is 3. The van der Waals surface area contributed by atoms with Gasteiger partial charge in [-0.3, -0.25) is 14.4 Å². The van der Waals surface area contributed by atoms with Crippen molar-refractivity contribution in [3.8, 4) is 0 Å². The van der Waals surface area contributed by atoms with Crippen molar-refractivity contribution in [2.75, 3.05) is 52.7 Å². The van der Waals surface area contributed by atoms with Gasteiger partial charge in [0.2, 0.25) is 11.8 Å². The maximum Gasteiger partial charge on any atom is 0.303 e. The molecule has 0 radical (unpaired) electrons. The van der Waals surface area contributed by atoms with E-state index < -0.39 is 5.97 Å². The first kappa shape index (κ1) is 33.0. The first-order valence-electron chi connectivity index (χ1n) is 12.9. The Morgan fingerprint density at radius 1 is 0.543 bits per heavy atom. The molecule has 0 fully saturated rings. The zero-order valence-corrected chi connectivity index (χ0v) is 21.4. The van der Waals surface area contributed by atoms with Gasteiger partial charge in [-0.2, -0.15) is 0 Å². The highest BCUT2D eigenvalue weighted by Gasteiger charge is 2.03. The Hall–Kier alpha value is -2.04. The average molecular weight is 503 g/mol. The fourth-order valence-corrected chi connectivity index (χ4v) is 3.08. The Morgan fingerprint density at radius 2 is 0.971 bits per heavy atom. The van der Waals surface area contributed by atoms with Crippen molar-refractivity contribution in [1.29, 1.82) is 0 Å². The van der Waals surface area contributed by atoms with Crippen LogP contribution in [0.15, 0.2) is 0 Å². The summed E-state index contributed by atoms with van der Waals surface area (Å²) < 4.78 is 16.3. The molecule has 204 valence electrons. The maximum atomic E-state index is 11.8. The summed E-state index contributed by atoms with van der Waals surface area (Å²) in [6.45, 7) is 5.64. The van der Waals surface area contributed by atoms with Crippen molar-refractivity contribution in [2.24, 2.45) is 0 Å². The topological polar surface area (TPSA) is 140 Å². The van der Waals surface area contributed by atoms with Gasteiger partial charge in [-0.1, -0.05) is 25.7 Å². The van der Waals surface area contributed by atoms with Crippen molar-refractivity contribution in [1.82, 2.24) is 10.6 Å². The van der Waals surface area contributed by atoms with E-state index in [0.717, 1.165) is 44.9 Å². The van der Waals surface area contributed by atoms with Gasteiger partial charge in [0.05, 0.1) is 26.4 Å². The Bertz CT molecular complexity index is 572. The fraction of sp³-hybridized carbons (Fsp3) is 0.840. The fourth-order valence-electron chi connectivity index (χ4n) is 3.08. The van der Waals surface area contributed by atoms with E-state index in [4.69, 9.17) is 19.3 Å². The van der Waals surface area contributed by atoms with Crippen molar-refractivity contribution in [2.45, 2.75) is 84.0 Å². The predicted octanol–water partition coefficient (Wildman–Crippen LogP) is 2.62. The van der Waals surface area contributed by atoms with E-state index in [2.05, 4.69) is 10.6 Å². The van der Waals surface area contributed by atoms with Crippen LogP contribution >= 0.6 is 0 Å². The summed E-state index contributed by atoms with van der Waals surface area (Å²) in [5.74, 6) is -0.769. The molecule has 0 spiro atoms. The lowest BCUT2D eigenvalue weighted by atomic mass is 10.1. The highest BCUT2D eigenvalue weighted by Crippen LogP contribution is 2.08. The molecular formula is C25H46N2O8. The Morgan fingerprint density at radius 3 is 1.46 bits per heavy atom. The maximum absolute atomic E-state index is 11.8. The number of carbonyl (C=O) groups excluding carboxylic acids is 3. The Balaban J connectivity index is 3.22. The molecule has 0 atom stereocenters. The van der Waals surface area contributed by atoms with Crippen LogP contribution in [0.4, 0.5) is 0 Å². The van der Waals surface area contributed by atoms with Gasteiger partial charge in [0.15, 0.2) is 0 Å². The zero-order chi connectivity index (χ0) is 26.0. The molecule has 0 aromatic carbocycles. The summed E-state index contributed by atoms with van der Waals surface area (Å²) >= 11 is 0. The standard InChI is InChI=1S/C25H46N2O8/c1-22(28)12-13-24(30)27-15-9-17-34-19-21-35-20-18-33-16-8-14-26-23(29)10-6-4-2-3-5-7-11-25(31)32/h2-21H2,1H3,(H,26,29)(H,27,30)(H,31,32). The number of ketones is 1. The predicted molar refractivity (Wildman–Crippen MR) is 132 cm³/mol. The third-order valence-electron chi connectivity index (χ3n) is 5.07. The molecule has 0 heterocycles. The lowest BCUT2D eigenvalue weighted by molar-refractivity contribution is -0.137. The number of ether oxygens (including phenoxy) is 3. The summed E-state index contributed by atoms with van der Waals surface area (Å²) in [6, 6.07) is 0. The SMILES string of the molecule is CC(=O)CCC(=O)NCCCOCCOCCOCCCNC(=O)CCCCCCCCC(=O)O. The lowest BCUT2D eigenvalue weighted by Gasteiger charge is -2.08. The molecule has 0 aromatic heterocycles. The molecule has 35 heavy (non-hydrogen) atoms. The number of amides is 2. The number of rotatable bonds is 26. The van der Waals surface area contributed by atoms with E-state index in [1.165, 1.54) is 6.92 Å². The number of unbranched alkanes of at least 4 members (excludes halogenated alkanes) is 5. The number of aliphatic carboxylic acids is 1. The number of carboxylic acids is 1. The van der Waals surface area contributed by atoms with E-state index in [-0.39, 0.29) is 36.9 Å². The second-order valence-electron chi connectivity index (χ2n) is 8.46. The van der Waals surface area contributed by atoms with E-state index in [0.29, 0.717) is 65.6 Å². The average Bonchev–Trinajstić information content (AvgIpc) is 2.81. The number of nitrogens with one attached hydrogen (secondary N) is 2. The first-order valence-corrected chi connectivity index (χ1v) is 12.9. The van der Waals surface area contributed by atoms with Crippen molar-refractivity contribution in [3.05, 3.63) is 0 Å². The van der Waals surface area contributed by atoms with Crippen LogP contribution in [0.1, 0.15) is 84.0 Å². The summed E-state index contributed by atoms with van der Waals surface area (Å²) in [4.78, 5) is 44.4. The van der Waals surface area contributed by atoms with Crippen molar-refractivity contribution in [3.63, 3.8) is 0 Å². The summed E-state index contributed by atoms with van der Waals surface area (Å²) in [6.07, 6.45) is 8.34. The van der Waals surface area contributed by atoms with Crippen LogP contribution in [-0.2, 0) is 33.4 Å². The number of carboxylic acid groups (broad SMARTS) is 1. The Labute approximate surface area is 209 Å². The van der Waals surface area contributed by atoms with Crippen LogP contribution in [0.2, 0.25) is 0 Å². The van der Waals surface area contributed by atoms with Crippen LogP contribution < -0.4 is 10.6 Å². The number of hydrogen-bond acceptors (Lipinski definition) is 7. The normalized spacial score (nSPS) is 10.8. The van der Waals surface area contributed by atoms with Gasteiger partial charge >= 0.3 is 5.97 Å². The van der Waals surface area contributed by atoms with Crippen molar-refractivity contribution < 1.29 is 38.5 Å². The van der Waals surface area contributed by atoms with E-state index in [1.54, 1.807) is 0 Å². The molecule has 3 N–H and O–H groups in total. The van der Waals surface area contributed by atoms with E-state index in [1.807, 2.05) is 0 Å². The minimum atomic E-state index is -0.737. The largest absolute Gasteiger partial charge is 0.481 e. The highest BCUT2D eigenvalue weighted by atomic mass is 16.5. The van der Waals surface area contributed by atoms with Gasteiger partial charge < -0.3 is 34.7 Å². The van der Waals surface area contributed by atoms with E-state index in [9.17, 15) is 19.2 Å². The quantitative estimate of drug-likeness (QED) is 0.153. The van der Waals surface area contributed by atoms with Gasteiger partial charge in [0.25, 0.3) is 0 Å². The molecule has 10 heteroatoms. The molecule has 0 aliphatic carbocycles. The summed E-state index contributed by atoms with van der Waals surface area (Å²) in [7, 11) is 0. The second-order valence-corrected chi connectivity index (χ2v) is 8.46. The minimum Gasteiger partial charge on any atom is -0.481 e. The lowest BCUT2D eigenvalue weighted by Crippen LogP contribution is -2.25. The molecule has 0 aliphatic heterocycles. The molecule has 0 saturated heterocycles. The van der Waals surface area contributed by atoms with E-state index >= 15 is 0 Å². The molecule has 0 rings (SSSR count). The second kappa shape index (κ2) is 25.1. The van der Waals surface area contributed by atoms with Crippen LogP contribution in [0.5, 0.6) is 0 Å². The third kappa shape index (κ3) is 28.1. The summed E-state index contributed by atoms with van der Waals surface area (Å²) in [5.41, 5.74) is 0. The minimum absolute atomic E-state index is 0.0144. The van der Waals surface area contributed by atoms with Gasteiger partial charge in [-0.05, 0) is 32.6 Å². The number of carbonyl (C=O) groups is 4. The third-order valence-corrected chi connectivity index (χ3v) is 5.07. The molecule has 0 aliphatic rings. The Kier molecular flexibility index (Phi) is 23.6.